The van der Waals surface area contributed by atoms with Crippen molar-refractivity contribution in [2.45, 2.75) is 47.9 Å². The van der Waals surface area contributed by atoms with Gasteiger partial charge in [-0.1, -0.05) is 49.3 Å². The summed E-state index contributed by atoms with van der Waals surface area (Å²) in [7, 11) is -2.76. The highest BCUT2D eigenvalue weighted by Gasteiger charge is 2.30. The van der Waals surface area contributed by atoms with Crippen LogP contribution in [0.5, 0.6) is 5.75 Å². The van der Waals surface area contributed by atoms with E-state index < -0.39 is 33.1 Å². The first kappa shape index (κ1) is 32.7. The number of hydrogen-bond donors (Lipinski definition) is 2. The van der Waals surface area contributed by atoms with E-state index in [1.165, 1.54) is 36.0 Å². The maximum absolute atomic E-state index is 15.2. The fraction of sp³-hybridized carbons (Fsp3) is 0.290. The van der Waals surface area contributed by atoms with E-state index in [2.05, 4.69) is 10.4 Å². The van der Waals surface area contributed by atoms with E-state index in [9.17, 15) is 17.6 Å². The van der Waals surface area contributed by atoms with E-state index in [-0.39, 0.29) is 16.2 Å². The molecule has 2 heterocycles. The lowest BCUT2D eigenvalue weighted by Gasteiger charge is -2.28. The number of rotatable bonds is 10. The fourth-order valence-corrected chi connectivity index (χ4v) is 7.13. The van der Waals surface area contributed by atoms with Crippen molar-refractivity contribution >= 4 is 39.4 Å². The number of sulfonamides is 1. The molecule has 1 fully saturated rings. The van der Waals surface area contributed by atoms with Gasteiger partial charge in [0.25, 0.3) is 10.0 Å². The van der Waals surface area contributed by atoms with Gasteiger partial charge in [-0.3, -0.25) is 9.99 Å². The van der Waals surface area contributed by atoms with Gasteiger partial charge in [0.15, 0.2) is 5.16 Å². The number of benzene rings is 3. The second kappa shape index (κ2) is 13.4. The average molecular weight is 676 g/mol. The molecule has 0 spiro atoms. The second-order valence-electron chi connectivity index (χ2n) is 11.0. The zero-order chi connectivity index (χ0) is 32.4. The molecule has 5 rings (SSSR count). The van der Waals surface area contributed by atoms with E-state index in [4.69, 9.17) is 16.3 Å². The number of hydrazine groups is 1. The van der Waals surface area contributed by atoms with Crippen molar-refractivity contribution in [1.29, 1.82) is 0 Å². The molecule has 2 N–H and O–H groups in total. The van der Waals surface area contributed by atoms with Crippen LogP contribution in [0, 0.1) is 11.6 Å². The van der Waals surface area contributed by atoms with Crippen LogP contribution >= 0.6 is 23.4 Å². The largest absolute Gasteiger partial charge is 0.495 e. The van der Waals surface area contributed by atoms with Gasteiger partial charge in [-0.15, -0.1) is 0 Å². The Labute approximate surface area is 270 Å². The first-order valence-electron chi connectivity index (χ1n) is 14.1. The number of amides is 2. The van der Waals surface area contributed by atoms with Gasteiger partial charge in [0.1, 0.15) is 17.4 Å². The van der Waals surface area contributed by atoms with Gasteiger partial charge in [-0.05, 0) is 72.5 Å². The lowest BCUT2D eigenvalue weighted by molar-refractivity contribution is 0.202. The Balaban J connectivity index is 1.40. The molecule has 3 aromatic carbocycles. The SMILES string of the molecule is COc1cc(C(C)(C)c2cnc(SCc3ccc(S(=O)(=O)NC(=O)NN4CCCC4)cc3F)n2-c2ccc(F)cc2)ccc1Cl. The highest BCUT2D eigenvalue weighted by atomic mass is 35.5. The summed E-state index contributed by atoms with van der Waals surface area (Å²) in [6, 6.07) is 14.1. The van der Waals surface area contributed by atoms with Gasteiger partial charge in [0.2, 0.25) is 0 Å². The third-order valence-corrected chi connectivity index (χ3v) is 10.3. The summed E-state index contributed by atoms with van der Waals surface area (Å²) >= 11 is 7.51. The third kappa shape index (κ3) is 7.27. The molecule has 0 bridgehead atoms. The van der Waals surface area contributed by atoms with Crippen molar-refractivity contribution in [2.75, 3.05) is 20.2 Å². The van der Waals surface area contributed by atoms with Crippen molar-refractivity contribution in [3.63, 3.8) is 0 Å². The van der Waals surface area contributed by atoms with Crippen molar-refractivity contribution in [2.24, 2.45) is 0 Å². The number of imidazole rings is 1. The van der Waals surface area contributed by atoms with Crippen LogP contribution in [0.4, 0.5) is 13.6 Å². The molecule has 0 saturated carbocycles. The summed E-state index contributed by atoms with van der Waals surface area (Å²) in [6.07, 6.45) is 3.52. The van der Waals surface area contributed by atoms with Gasteiger partial charge in [0, 0.05) is 29.9 Å². The third-order valence-electron chi connectivity index (χ3n) is 7.61. The fourth-order valence-electron chi connectivity index (χ4n) is 5.04. The zero-order valence-corrected chi connectivity index (χ0v) is 27.2. The van der Waals surface area contributed by atoms with Crippen LogP contribution in [0.25, 0.3) is 5.69 Å². The molecule has 1 aliphatic heterocycles. The quantitative estimate of drug-likeness (QED) is 0.187. The molecule has 0 atom stereocenters. The maximum Gasteiger partial charge on any atom is 0.343 e. The maximum atomic E-state index is 15.2. The number of halogens is 3. The van der Waals surface area contributed by atoms with Gasteiger partial charge < -0.3 is 4.74 Å². The molecule has 14 heteroatoms. The molecule has 1 aromatic heterocycles. The van der Waals surface area contributed by atoms with E-state index in [1.807, 2.05) is 35.3 Å². The molecule has 0 unspecified atom stereocenters. The Morgan fingerprint density at radius 3 is 2.44 bits per heavy atom. The Morgan fingerprint density at radius 2 is 1.78 bits per heavy atom. The summed E-state index contributed by atoms with van der Waals surface area (Å²) < 4.78 is 63.8. The molecule has 4 aromatic rings. The number of thioether (sulfide) groups is 1. The highest BCUT2D eigenvalue weighted by molar-refractivity contribution is 7.98. The van der Waals surface area contributed by atoms with Gasteiger partial charge in [0.05, 0.1) is 28.9 Å². The second-order valence-corrected chi connectivity index (χ2v) is 14.0. The summed E-state index contributed by atoms with van der Waals surface area (Å²) in [4.78, 5) is 16.5. The Kier molecular flexibility index (Phi) is 9.73. The molecular formula is C31H32ClF2N5O4S2. The number of nitrogens with zero attached hydrogens (tertiary/aromatic N) is 3. The Bertz CT molecular complexity index is 1810. The number of urea groups is 1. The van der Waals surface area contributed by atoms with Crippen LogP contribution in [-0.2, 0) is 21.2 Å². The predicted molar refractivity (Wildman–Crippen MR) is 169 cm³/mol. The monoisotopic (exact) mass is 675 g/mol. The topological polar surface area (TPSA) is 106 Å². The molecule has 45 heavy (non-hydrogen) atoms. The number of aromatic nitrogens is 2. The number of hydrogen-bond acceptors (Lipinski definition) is 7. The van der Waals surface area contributed by atoms with Crippen LogP contribution < -0.4 is 14.9 Å². The van der Waals surface area contributed by atoms with Gasteiger partial charge in [-0.25, -0.2) is 36.7 Å². The van der Waals surface area contributed by atoms with Crippen LogP contribution in [0.2, 0.25) is 5.02 Å². The first-order valence-corrected chi connectivity index (χ1v) is 16.9. The van der Waals surface area contributed by atoms with Crippen molar-refractivity contribution in [1.82, 2.24) is 24.7 Å². The van der Waals surface area contributed by atoms with Gasteiger partial charge >= 0.3 is 6.03 Å². The minimum Gasteiger partial charge on any atom is -0.495 e. The van der Waals surface area contributed by atoms with E-state index in [1.54, 1.807) is 36.5 Å². The lowest BCUT2D eigenvalue weighted by atomic mass is 9.81. The predicted octanol–water partition coefficient (Wildman–Crippen LogP) is 6.43. The van der Waals surface area contributed by atoms with Gasteiger partial charge in [-0.2, -0.15) is 0 Å². The Morgan fingerprint density at radius 1 is 1.07 bits per heavy atom. The molecule has 238 valence electrons. The van der Waals surface area contributed by atoms with Crippen LogP contribution in [-0.4, -0.2) is 49.2 Å². The number of carbonyl (C=O) groups is 1. The smallest absolute Gasteiger partial charge is 0.343 e. The molecule has 9 nitrogen and oxygen atoms in total. The van der Waals surface area contributed by atoms with E-state index in [0.29, 0.717) is 34.7 Å². The van der Waals surface area contributed by atoms with Crippen molar-refractivity contribution in [3.05, 3.63) is 100 Å². The van der Waals surface area contributed by atoms with Crippen LogP contribution in [0.1, 0.15) is 43.5 Å². The van der Waals surface area contributed by atoms with Crippen LogP contribution in [0.3, 0.4) is 0 Å². The number of methoxy groups -OCH3 is 1. The molecule has 2 amide bonds. The molecule has 0 radical (unpaired) electrons. The summed E-state index contributed by atoms with van der Waals surface area (Å²) in [6.45, 7) is 5.28. The Hall–Kier alpha value is -3.65. The number of carbonyl (C=O) groups excluding carboxylic acids is 1. The van der Waals surface area contributed by atoms with E-state index >= 15 is 4.39 Å². The molecular weight excluding hydrogens is 644 g/mol. The standard InChI is InChI=1S/C31H32ClF2N5O4S2/c1-31(2,21-7-13-25(32)27(16-21)43-3)28-18-35-30(39(28)23-10-8-22(33)9-11-23)44-19-20-6-12-24(17-26(20)34)45(41,42)37-29(40)36-38-14-4-5-15-38/h6-13,16-18H,4-5,14-15,19H2,1-3H3,(H2,36,37,40). The van der Waals surface area contributed by atoms with Crippen molar-refractivity contribution < 1.29 is 26.7 Å². The highest BCUT2D eigenvalue weighted by Crippen LogP contribution is 2.39. The zero-order valence-electron chi connectivity index (χ0n) is 24.8. The summed E-state index contributed by atoms with van der Waals surface area (Å²) in [5, 5.41) is 2.62. The molecule has 1 saturated heterocycles. The first-order chi connectivity index (χ1) is 21.4. The number of ether oxygens (including phenoxy) is 1. The average Bonchev–Trinajstić information content (AvgIpc) is 3.67. The number of nitrogens with one attached hydrogen (secondary N) is 2. The molecule has 1 aliphatic rings. The minimum atomic E-state index is -4.30. The van der Waals surface area contributed by atoms with E-state index in [0.717, 1.165) is 30.2 Å². The minimum absolute atomic E-state index is 0.113. The lowest BCUT2D eigenvalue weighted by Crippen LogP contribution is -2.47. The van der Waals surface area contributed by atoms with Crippen molar-refractivity contribution in [3.8, 4) is 11.4 Å². The summed E-state index contributed by atoms with van der Waals surface area (Å²) in [5.41, 5.74) is 4.43. The normalized spacial score (nSPS) is 14.0. The molecule has 0 aliphatic carbocycles. The summed E-state index contributed by atoms with van der Waals surface area (Å²) in [5.74, 6) is -0.509. The van der Waals surface area contributed by atoms with Crippen LogP contribution in [0.15, 0.2) is 76.9 Å².